The largest absolute Gasteiger partial charge is 0.334 e. The first kappa shape index (κ1) is 14.8. The second kappa shape index (κ2) is 5.40. The van der Waals surface area contributed by atoms with Crippen molar-refractivity contribution in [1.82, 2.24) is 10.1 Å². The van der Waals surface area contributed by atoms with E-state index in [0.29, 0.717) is 16.7 Å². The number of benzene rings is 1. The van der Waals surface area contributed by atoms with Crippen molar-refractivity contribution in [3.05, 3.63) is 33.5 Å². The van der Waals surface area contributed by atoms with Crippen LogP contribution in [-0.4, -0.2) is 10.1 Å². The van der Waals surface area contributed by atoms with E-state index in [1.54, 1.807) is 12.1 Å². The van der Waals surface area contributed by atoms with E-state index in [1.165, 1.54) is 0 Å². The fourth-order valence-electron chi connectivity index (χ4n) is 1.98. The molecule has 0 saturated heterocycles. The van der Waals surface area contributed by atoms with Crippen LogP contribution < -0.4 is 5.73 Å². The Balaban J connectivity index is 0.00000133. The average Bonchev–Trinajstić information content (AvgIpc) is 2.79. The first-order valence-electron chi connectivity index (χ1n) is 5.67. The van der Waals surface area contributed by atoms with Crippen LogP contribution in [0.3, 0.4) is 0 Å². The summed E-state index contributed by atoms with van der Waals surface area (Å²) in [5.41, 5.74) is 6.53. The van der Waals surface area contributed by atoms with Gasteiger partial charge in [-0.1, -0.05) is 16.8 Å². The van der Waals surface area contributed by atoms with Gasteiger partial charge in [-0.25, -0.2) is 0 Å². The van der Waals surface area contributed by atoms with Gasteiger partial charge in [-0.15, -0.1) is 12.4 Å². The van der Waals surface area contributed by atoms with Crippen LogP contribution in [0.25, 0.3) is 11.5 Å². The second-order valence-corrected chi connectivity index (χ2v) is 5.85. The van der Waals surface area contributed by atoms with Crippen LogP contribution in [0.4, 0.5) is 0 Å². The van der Waals surface area contributed by atoms with Crippen molar-refractivity contribution < 1.29 is 4.52 Å². The molecule has 1 aromatic heterocycles. The predicted molar refractivity (Wildman–Crippen MR) is 79.4 cm³/mol. The minimum atomic E-state index is -0.410. The number of nitrogens with two attached hydrogens (primary N) is 1. The maximum Gasteiger partial charge on any atom is 0.259 e. The van der Waals surface area contributed by atoms with Crippen molar-refractivity contribution in [3.8, 4) is 11.5 Å². The fraction of sp³-hybridized carbons (Fsp3) is 0.333. The standard InChI is InChI=1S/C12H11BrClN3O.ClH/c13-9-3-2-7(14)6-8(9)10-16-11(17-18-10)12(15)4-1-5-12;/h2-3,6H,1,4-5,15H2;1H. The quantitative estimate of drug-likeness (QED) is 0.877. The zero-order valence-electron chi connectivity index (χ0n) is 9.90. The summed E-state index contributed by atoms with van der Waals surface area (Å²) in [6.45, 7) is 0. The van der Waals surface area contributed by atoms with Gasteiger partial charge in [-0.2, -0.15) is 4.98 Å². The van der Waals surface area contributed by atoms with Gasteiger partial charge in [0.15, 0.2) is 5.82 Å². The third-order valence-corrected chi connectivity index (χ3v) is 4.20. The molecule has 1 heterocycles. The Kier molecular flexibility index (Phi) is 4.20. The Morgan fingerprint density at radius 3 is 2.74 bits per heavy atom. The Morgan fingerprint density at radius 1 is 1.37 bits per heavy atom. The lowest BCUT2D eigenvalue weighted by molar-refractivity contribution is 0.229. The van der Waals surface area contributed by atoms with Crippen LogP contribution in [0.2, 0.25) is 5.02 Å². The van der Waals surface area contributed by atoms with Crippen LogP contribution in [0.1, 0.15) is 25.1 Å². The lowest BCUT2D eigenvalue weighted by Crippen LogP contribution is -2.44. The van der Waals surface area contributed by atoms with Crippen molar-refractivity contribution in [1.29, 1.82) is 0 Å². The summed E-state index contributed by atoms with van der Waals surface area (Å²) in [5, 5.41) is 4.61. The topological polar surface area (TPSA) is 64.9 Å². The smallest absolute Gasteiger partial charge is 0.259 e. The minimum Gasteiger partial charge on any atom is -0.334 e. The second-order valence-electron chi connectivity index (χ2n) is 4.56. The van der Waals surface area contributed by atoms with Gasteiger partial charge >= 0.3 is 0 Å². The summed E-state index contributed by atoms with van der Waals surface area (Å²) in [6.07, 6.45) is 2.92. The van der Waals surface area contributed by atoms with Crippen LogP contribution in [-0.2, 0) is 5.54 Å². The van der Waals surface area contributed by atoms with Gasteiger partial charge in [0.2, 0.25) is 0 Å². The molecule has 19 heavy (non-hydrogen) atoms. The molecular formula is C12H12BrCl2N3O. The third kappa shape index (κ3) is 2.65. The maximum absolute atomic E-state index is 6.16. The lowest BCUT2D eigenvalue weighted by Gasteiger charge is -2.34. The average molecular weight is 365 g/mol. The van der Waals surface area contributed by atoms with Crippen LogP contribution >= 0.6 is 39.9 Å². The minimum absolute atomic E-state index is 0. The van der Waals surface area contributed by atoms with E-state index >= 15 is 0 Å². The summed E-state index contributed by atoms with van der Waals surface area (Å²) < 4.78 is 6.14. The Morgan fingerprint density at radius 2 is 2.11 bits per heavy atom. The molecule has 0 unspecified atom stereocenters. The molecule has 4 nitrogen and oxygen atoms in total. The van der Waals surface area contributed by atoms with Gasteiger partial charge in [-0.3, -0.25) is 0 Å². The maximum atomic E-state index is 6.16. The van der Waals surface area contributed by atoms with E-state index < -0.39 is 5.54 Å². The highest BCUT2D eigenvalue weighted by atomic mass is 79.9. The Bertz CT molecular complexity index is 598. The molecule has 1 aliphatic carbocycles. The Hall–Kier alpha value is -0.620. The molecule has 1 saturated carbocycles. The van der Waals surface area contributed by atoms with Crippen molar-refractivity contribution in [2.75, 3.05) is 0 Å². The number of hydrogen-bond donors (Lipinski definition) is 1. The van der Waals surface area contributed by atoms with Gasteiger partial charge < -0.3 is 10.3 Å². The molecule has 2 N–H and O–H groups in total. The molecule has 7 heteroatoms. The van der Waals surface area contributed by atoms with Gasteiger partial charge in [-0.05, 0) is 53.4 Å². The molecule has 1 aliphatic rings. The molecule has 1 fully saturated rings. The molecule has 0 atom stereocenters. The highest BCUT2D eigenvalue weighted by molar-refractivity contribution is 9.10. The van der Waals surface area contributed by atoms with E-state index in [-0.39, 0.29) is 12.4 Å². The van der Waals surface area contributed by atoms with Gasteiger partial charge in [0.05, 0.1) is 11.1 Å². The molecule has 0 aliphatic heterocycles. The molecule has 1 aromatic carbocycles. The van der Waals surface area contributed by atoms with E-state index in [2.05, 4.69) is 26.1 Å². The predicted octanol–water partition coefficient (Wildman–Crippen LogP) is 3.91. The fourth-order valence-corrected chi connectivity index (χ4v) is 2.57. The monoisotopic (exact) mass is 363 g/mol. The molecule has 0 amide bonds. The molecule has 3 rings (SSSR count). The zero-order valence-corrected chi connectivity index (χ0v) is 13.1. The molecule has 0 spiro atoms. The number of rotatable bonds is 2. The highest BCUT2D eigenvalue weighted by Gasteiger charge is 2.39. The van der Waals surface area contributed by atoms with E-state index in [1.807, 2.05) is 6.07 Å². The third-order valence-electron chi connectivity index (χ3n) is 3.28. The van der Waals surface area contributed by atoms with Crippen molar-refractivity contribution in [3.63, 3.8) is 0 Å². The first-order chi connectivity index (χ1) is 8.58. The number of hydrogen-bond acceptors (Lipinski definition) is 4. The van der Waals surface area contributed by atoms with E-state index in [0.717, 1.165) is 29.3 Å². The molecular weight excluding hydrogens is 353 g/mol. The van der Waals surface area contributed by atoms with Gasteiger partial charge in [0, 0.05) is 9.50 Å². The lowest BCUT2D eigenvalue weighted by atomic mass is 9.77. The summed E-state index contributed by atoms with van der Waals surface area (Å²) in [5.74, 6) is 1.02. The van der Waals surface area contributed by atoms with E-state index in [4.69, 9.17) is 21.9 Å². The van der Waals surface area contributed by atoms with Gasteiger partial charge in [0.25, 0.3) is 5.89 Å². The first-order valence-corrected chi connectivity index (χ1v) is 6.84. The van der Waals surface area contributed by atoms with E-state index in [9.17, 15) is 0 Å². The normalized spacial score (nSPS) is 16.6. The molecule has 102 valence electrons. The summed E-state index contributed by atoms with van der Waals surface area (Å²) in [6, 6.07) is 5.43. The Labute approximate surface area is 130 Å². The molecule has 2 aromatic rings. The molecule has 0 bridgehead atoms. The zero-order chi connectivity index (χ0) is 12.8. The summed E-state index contributed by atoms with van der Waals surface area (Å²) in [7, 11) is 0. The van der Waals surface area contributed by atoms with Gasteiger partial charge in [0.1, 0.15) is 0 Å². The van der Waals surface area contributed by atoms with Crippen LogP contribution in [0.5, 0.6) is 0 Å². The SMILES string of the molecule is Cl.NC1(c2noc(-c3cc(Cl)ccc3Br)n2)CCC1. The number of aromatic nitrogens is 2. The molecule has 0 radical (unpaired) electrons. The van der Waals surface area contributed by atoms with Crippen LogP contribution in [0.15, 0.2) is 27.2 Å². The van der Waals surface area contributed by atoms with Crippen LogP contribution in [0, 0.1) is 0 Å². The van der Waals surface area contributed by atoms with Crippen molar-refractivity contribution in [2.45, 2.75) is 24.8 Å². The highest BCUT2D eigenvalue weighted by Crippen LogP contribution is 2.38. The number of nitrogens with zero attached hydrogens (tertiary/aromatic N) is 2. The van der Waals surface area contributed by atoms with Crippen molar-refractivity contribution >= 4 is 39.9 Å². The summed E-state index contributed by atoms with van der Waals surface area (Å²) >= 11 is 9.41. The van der Waals surface area contributed by atoms with Crippen molar-refractivity contribution in [2.24, 2.45) is 5.73 Å². The summed E-state index contributed by atoms with van der Waals surface area (Å²) in [4.78, 5) is 4.38. The number of halogens is 3.